The molecule has 0 fully saturated rings. The average molecular weight is 137 g/mol. The second-order valence-electron chi connectivity index (χ2n) is 2.14. The van der Waals surface area contributed by atoms with E-state index in [0.717, 1.165) is 0 Å². The van der Waals surface area contributed by atoms with E-state index in [9.17, 15) is 0 Å². The van der Waals surface area contributed by atoms with Crippen LogP contribution in [0.3, 0.4) is 0 Å². The van der Waals surface area contributed by atoms with Crippen LogP contribution >= 0.6 is 0 Å². The van der Waals surface area contributed by atoms with E-state index in [1.165, 1.54) is 0 Å². The van der Waals surface area contributed by atoms with Crippen molar-refractivity contribution in [3.63, 3.8) is 0 Å². The number of hydrogen-bond donors (Lipinski definition) is 0. The summed E-state index contributed by atoms with van der Waals surface area (Å²) in [6.07, 6.45) is -1.25. The van der Waals surface area contributed by atoms with Crippen LogP contribution in [-0.4, -0.2) is 6.27 Å². The van der Waals surface area contributed by atoms with Crippen molar-refractivity contribution >= 4 is 0 Å². The van der Waals surface area contributed by atoms with Gasteiger partial charge in [-0.15, -0.1) is 0 Å². The van der Waals surface area contributed by atoms with Gasteiger partial charge in [-0.05, 0) is 12.1 Å². The van der Waals surface area contributed by atoms with Gasteiger partial charge in [0, 0.05) is 6.92 Å². The first-order valence-corrected chi connectivity index (χ1v) is 3.14. The van der Waals surface area contributed by atoms with Crippen molar-refractivity contribution in [2.24, 2.45) is 0 Å². The standard InChI is InChI=1S/C8H8O2/c1-6-9-7-4-2-3-5-8(7)10-6/h2-6H,1H3/i6D. The molecule has 0 N–H and O–H groups in total. The monoisotopic (exact) mass is 137 g/mol. The van der Waals surface area contributed by atoms with Crippen molar-refractivity contribution in [2.75, 3.05) is 0 Å². The SMILES string of the molecule is [2H]C1(C)Oc2ccccc2O1. The molecule has 0 atom stereocenters. The Labute approximate surface area is 60.8 Å². The van der Waals surface area contributed by atoms with Gasteiger partial charge in [0.1, 0.15) is 1.37 Å². The van der Waals surface area contributed by atoms with Crippen LogP contribution in [0, 0.1) is 0 Å². The van der Waals surface area contributed by atoms with Crippen LogP contribution in [-0.2, 0) is 0 Å². The summed E-state index contributed by atoms with van der Waals surface area (Å²) in [7, 11) is 0. The van der Waals surface area contributed by atoms with Gasteiger partial charge in [-0.2, -0.15) is 0 Å². The molecular weight excluding hydrogens is 128 g/mol. The van der Waals surface area contributed by atoms with E-state index in [1.807, 2.05) is 12.1 Å². The Morgan fingerprint density at radius 2 is 1.80 bits per heavy atom. The van der Waals surface area contributed by atoms with E-state index in [1.54, 1.807) is 19.1 Å². The Bertz CT molecular complexity index is 256. The second kappa shape index (κ2) is 1.90. The first-order chi connectivity index (χ1) is 5.17. The normalized spacial score (nSPS) is 20.3. The molecular formula is C8H8O2. The van der Waals surface area contributed by atoms with Gasteiger partial charge in [0.2, 0.25) is 6.27 Å². The number of rotatable bonds is 0. The number of benzene rings is 1. The van der Waals surface area contributed by atoms with Gasteiger partial charge in [-0.25, -0.2) is 0 Å². The van der Waals surface area contributed by atoms with Gasteiger partial charge < -0.3 is 9.47 Å². The lowest BCUT2D eigenvalue weighted by atomic mass is 10.3. The Balaban J connectivity index is 2.41. The second-order valence-corrected chi connectivity index (χ2v) is 2.14. The van der Waals surface area contributed by atoms with Crippen LogP contribution in [0.5, 0.6) is 11.5 Å². The molecule has 1 aliphatic rings. The minimum Gasteiger partial charge on any atom is -0.451 e. The molecule has 0 saturated carbocycles. The summed E-state index contributed by atoms with van der Waals surface area (Å²) >= 11 is 0. The molecule has 0 amide bonds. The molecule has 1 aromatic rings. The largest absolute Gasteiger partial charge is 0.451 e. The average Bonchev–Trinajstić information content (AvgIpc) is 2.21. The lowest BCUT2D eigenvalue weighted by molar-refractivity contribution is 0.0678. The highest BCUT2D eigenvalue weighted by Crippen LogP contribution is 2.33. The molecule has 1 aliphatic heterocycles. The molecule has 1 heterocycles. The lowest BCUT2D eigenvalue weighted by Crippen LogP contribution is -2.11. The minimum atomic E-state index is -1.25. The van der Waals surface area contributed by atoms with Crippen LogP contribution in [0.15, 0.2) is 24.3 Å². The maximum Gasteiger partial charge on any atom is 0.238 e. The van der Waals surface area contributed by atoms with E-state index in [4.69, 9.17) is 10.8 Å². The Morgan fingerprint density at radius 3 is 2.30 bits per heavy atom. The summed E-state index contributed by atoms with van der Waals surface area (Å²) in [5.41, 5.74) is 0. The third-order valence-electron chi connectivity index (χ3n) is 1.36. The highest BCUT2D eigenvalue weighted by molar-refractivity contribution is 5.41. The summed E-state index contributed by atoms with van der Waals surface area (Å²) in [5, 5.41) is 0. The van der Waals surface area contributed by atoms with Crippen molar-refractivity contribution in [1.82, 2.24) is 0 Å². The van der Waals surface area contributed by atoms with Crippen molar-refractivity contribution in [2.45, 2.75) is 13.2 Å². The zero-order chi connectivity index (χ0) is 7.90. The zero-order valence-electron chi connectivity index (χ0n) is 6.63. The van der Waals surface area contributed by atoms with E-state index < -0.39 is 6.27 Å². The Kier molecular flexibility index (Phi) is 0.877. The van der Waals surface area contributed by atoms with E-state index in [2.05, 4.69) is 0 Å². The van der Waals surface area contributed by atoms with Crippen molar-refractivity contribution in [3.8, 4) is 11.5 Å². The molecule has 2 rings (SSSR count). The first kappa shape index (κ1) is 4.61. The molecule has 1 aromatic carbocycles. The van der Waals surface area contributed by atoms with Crippen molar-refractivity contribution in [1.29, 1.82) is 0 Å². The Morgan fingerprint density at radius 1 is 1.30 bits per heavy atom. The van der Waals surface area contributed by atoms with Crippen LogP contribution in [0.4, 0.5) is 0 Å². The van der Waals surface area contributed by atoms with Gasteiger partial charge in [0.15, 0.2) is 11.5 Å². The third kappa shape index (κ3) is 0.727. The predicted octanol–water partition coefficient (Wildman–Crippen LogP) is 1.80. The topological polar surface area (TPSA) is 18.5 Å². The van der Waals surface area contributed by atoms with Crippen LogP contribution in [0.2, 0.25) is 0 Å². The molecule has 0 spiro atoms. The zero-order valence-corrected chi connectivity index (χ0v) is 5.63. The highest BCUT2D eigenvalue weighted by atomic mass is 16.7. The molecule has 2 nitrogen and oxygen atoms in total. The summed E-state index contributed by atoms with van der Waals surface area (Å²) in [4.78, 5) is 0. The highest BCUT2D eigenvalue weighted by Gasteiger charge is 2.17. The van der Waals surface area contributed by atoms with Gasteiger partial charge in [0.05, 0.1) is 0 Å². The lowest BCUT2D eigenvalue weighted by Gasteiger charge is -1.99. The first-order valence-electron chi connectivity index (χ1n) is 3.64. The van der Waals surface area contributed by atoms with Gasteiger partial charge in [0.25, 0.3) is 0 Å². The van der Waals surface area contributed by atoms with E-state index in [-0.39, 0.29) is 0 Å². The van der Waals surface area contributed by atoms with Crippen LogP contribution in [0.25, 0.3) is 0 Å². The van der Waals surface area contributed by atoms with Gasteiger partial charge in [-0.3, -0.25) is 0 Å². The van der Waals surface area contributed by atoms with E-state index >= 15 is 0 Å². The fraction of sp³-hybridized carbons (Fsp3) is 0.250. The van der Waals surface area contributed by atoms with Crippen molar-refractivity contribution in [3.05, 3.63) is 24.3 Å². The molecule has 0 bridgehead atoms. The smallest absolute Gasteiger partial charge is 0.238 e. The molecule has 10 heavy (non-hydrogen) atoms. The number of hydrogen-bond acceptors (Lipinski definition) is 2. The maximum absolute atomic E-state index is 7.43. The summed E-state index contributed by atoms with van der Waals surface area (Å²) in [5.74, 6) is 1.29. The third-order valence-corrected chi connectivity index (χ3v) is 1.36. The molecule has 0 unspecified atom stereocenters. The summed E-state index contributed by atoms with van der Waals surface area (Å²) in [6.45, 7) is 1.56. The van der Waals surface area contributed by atoms with Gasteiger partial charge >= 0.3 is 0 Å². The Hall–Kier alpha value is -1.18. The van der Waals surface area contributed by atoms with Crippen LogP contribution < -0.4 is 9.47 Å². The molecule has 0 aromatic heterocycles. The fourth-order valence-electron chi connectivity index (χ4n) is 0.949. The van der Waals surface area contributed by atoms with Crippen LogP contribution in [0.1, 0.15) is 8.29 Å². The quantitative estimate of drug-likeness (QED) is 0.542. The number of para-hydroxylation sites is 2. The van der Waals surface area contributed by atoms with E-state index in [0.29, 0.717) is 11.5 Å². The number of fused-ring (bicyclic) bond motifs is 1. The molecule has 52 valence electrons. The minimum absolute atomic E-state index is 0.644. The van der Waals surface area contributed by atoms with Crippen molar-refractivity contribution < 1.29 is 10.8 Å². The van der Waals surface area contributed by atoms with Gasteiger partial charge in [-0.1, -0.05) is 12.1 Å². The molecule has 0 aliphatic carbocycles. The maximum atomic E-state index is 7.43. The molecule has 0 saturated heterocycles. The number of ether oxygens (including phenoxy) is 2. The molecule has 2 heteroatoms. The summed E-state index contributed by atoms with van der Waals surface area (Å²) < 4.78 is 17.7. The fourth-order valence-corrected chi connectivity index (χ4v) is 0.949. The molecule has 0 radical (unpaired) electrons. The summed E-state index contributed by atoms with van der Waals surface area (Å²) in [6, 6.07) is 7.28. The predicted molar refractivity (Wildman–Crippen MR) is 37.2 cm³/mol.